The average Bonchev–Trinajstić information content (AvgIpc) is 2.49. The van der Waals surface area contributed by atoms with Gasteiger partial charge in [-0.05, 0) is 18.2 Å². The number of para-hydroxylation sites is 2. The number of nitrogens with two attached hydrogens (primary N) is 1. The van der Waals surface area contributed by atoms with Gasteiger partial charge in [-0.2, -0.15) is 0 Å². The van der Waals surface area contributed by atoms with Gasteiger partial charge < -0.3 is 20.9 Å². The minimum Gasteiger partial charge on any atom is -0.481 e. The second-order valence-electron chi connectivity index (χ2n) is 4.49. The molecule has 2 rings (SSSR count). The number of aliphatic hydroxyl groups excluding tert-OH is 1. The van der Waals surface area contributed by atoms with Crippen LogP contribution < -0.4 is 15.8 Å². The standard InChI is InChI=1S/C15H19N3O2/c1-20-15-8-4-5-11(18-15)9-12(10-19)17-14-7-3-2-6-13(14)16/h2-8,12,17,19H,9-10,16H2,1H3/t12-/m0/s1. The second kappa shape index (κ2) is 6.77. The molecule has 0 aliphatic rings. The maximum atomic E-state index is 9.50. The largest absolute Gasteiger partial charge is 0.481 e. The third-order valence-electron chi connectivity index (χ3n) is 2.99. The Labute approximate surface area is 118 Å². The van der Waals surface area contributed by atoms with E-state index in [0.29, 0.717) is 18.0 Å². The number of ether oxygens (including phenoxy) is 1. The van der Waals surface area contributed by atoms with Gasteiger partial charge in [-0.15, -0.1) is 0 Å². The molecule has 0 amide bonds. The van der Waals surface area contributed by atoms with Crippen molar-refractivity contribution < 1.29 is 9.84 Å². The number of hydrogen-bond acceptors (Lipinski definition) is 5. The Morgan fingerprint density at radius 2 is 2.05 bits per heavy atom. The van der Waals surface area contributed by atoms with Gasteiger partial charge in [0.2, 0.25) is 5.88 Å². The first-order valence-electron chi connectivity index (χ1n) is 6.44. The Balaban J connectivity index is 2.07. The highest BCUT2D eigenvalue weighted by Gasteiger charge is 2.11. The summed E-state index contributed by atoms with van der Waals surface area (Å²) in [7, 11) is 1.58. The van der Waals surface area contributed by atoms with E-state index in [-0.39, 0.29) is 12.6 Å². The van der Waals surface area contributed by atoms with Crippen LogP contribution in [0, 0.1) is 0 Å². The van der Waals surface area contributed by atoms with Crippen LogP contribution in [0.25, 0.3) is 0 Å². The van der Waals surface area contributed by atoms with Crippen LogP contribution in [0.4, 0.5) is 11.4 Å². The molecule has 0 saturated heterocycles. The summed E-state index contributed by atoms with van der Waals surface area (Å²) in [5.74, 6) is 0.568. The maximum absolute atomic E-state index is 9.50. The molecule has 5 nitrogen and oxygen atoms in total. The van der Waals surface area contributed by atoms with E-state index in [1.807, 2.05) is 36.4 Å². The van der Waals surface area contributed by atoms with Gasteiger partial charge in [-0.25, -0.2) is 4.98 Å². The van der Waals surface area contributed by atoms with E-state index in [0.717, 1.165) is 11.4 Å². The number of benzene rings is 1. The highest BCUT2D eigenvalue weighted by atomic mass is 16.5. The molecule has 0 spiro atoms. The normalized spacial score (nSPS) is 11.9. The summed E-state index contributed by atoms with van der Waals surface area (Å²) in [5.41, 5.74) is 8.21. The number of rotatable bonds is 6. The van der Waals surface area contributed by atoms with Crippen LogP contribution in [0.2, 0.25) is 0 Å². The number of anilines is 2. The van der Waals surface area contributed by atoms with Gasteiger partial charge in [0.05, 0.1) is 31.1 Å². The molecule has 1 atom stereocenters. The van der Waals surface area contributed by atoms with Crippen molar-refractivity contribution in [2.75, 3.05) is 24.8 Å². The number of methoxy groups -OCH3 is 1. The minimum absolute atomic E-state index is 0.00672. The fourth-order valence-corrected chi connectivity index (χ4v) is 1.95. The number of aromatic nitrogens is 1. The maximum Gasteiger partial charge on any atom is 0.213 e. The van der Waals surface area contributed by atoms with E-state index in [9.17, 15) is 5.11 Å². The lowest BCUT2D eigenvalue weighted by molar-refractivity contribution is 0.273. The van der Waals surface area contributed by atoms with E-state index in [2.05, 4.69) is 10.3 Å². The van der Waals surface area contributed by atoms with Gasteiger partial charge in [-0.1, -0.05) is 18.2 Å². The number of aliphatic hydroxyl groups is 1. The highest BCUT2D eigenvalue weighted by Crippen LogP contribution is 2.19. The number of nitrogens with one attached hydrogen (secondary N) is 1. The Morgan fingerprint density at radius 1 is 1.25 bits per heavy atom. The van der Waals surface area contributed by atoms with Crippen LogP contribution in [0.5, 0.6) is 5.88 Å². The molecule has 0 bridgehead atoms. The zero-order valence-electron chi connectivity index (χ0n) is 11.4. The minimum atomic E-state index is -0.153. The fourth-order valence-electron chi connectivity index (χ4n) is 1.95. The SMILES string of the molecule is COc1cccc(C[C@@H](CO)Nc2ccccc2N)n1. The van der Waals surface area contributed by atoms with Gasteiger partial charge >= 0.3 is 0 Å². The first-order valence-corrected chi connectivity index (χ1v) is 6.44. The topological polar surface area (TPSA) is 80.4 Å². The molecule has 4 N–H and O–H groups in total. The predicted molar refractivity (Wildman–Crippen MR) is 79.8 cm³/mol. The smallest absolute Gasteiger partial charge is 0.213 e. The molecule has 0 unspecified atom stereocenters. The summed E-state index contributed by atoms with van der Waals surface area (Å²) in [6.45, 7) is -0.00672. The number of nitrogens with zero attached hydrogens (tertiary/aromatic N) is 1. The van der Waals surface area contributed by atoms with Crippen molar-refractivity contribution in [2.45, 2.75) is 12.5 Å². The van der Waals surface area contributed by atoms with Gasteiger partial charge in [-0.3, -0.25) is 0 Å². The van der Waals surface area contributed by atoms with Crippen molar-refractivity contribution in [1.82, 2.24) is 4.98 Å². The van der Waals surface area contributed by atoms with Crippen LogP contribution in [0.1, 0.15) is 5.69 Å². The molecular formula is C15H19N3O2. The number of hydrogen-bond donors (Lipinski definition) is 3. The Kier molecular flexibility index (Phi) is 4.79. The summed E-state index contributed by atoms with van der Waals surface area (Å²) in [5, 5.41) is 12.7. The van der Waals surface area contributed by atoms with Crippen molar-refractivity contribution >= 4 is 11.4 Å². The summed E-state index contributed by atoms with van der Waals surface area (Å²) in [6.07, 6.45) is 0.585. The molecule has 0 radical (unpaired) electrons. The molecule has 1 heterocycles. The summed E-state index contributed by atoms with van der Waals surface area (Å²) >= 11 is 0. The predicted octanol–water partition coefficient (Wildman–Crippen LogP) is 1.69. The van der Waals surface area contributed by atoms with Crippen molar-refractivity contribution in [3.8, 4) is 5.88 Å². The van der Waals surface area contributed by atoms with Crippen molar-refractivity contribution in [3.63, 3.8) is 0 Å². The first-order chi connectivity index (χ1) is 9.72. The Bertz CT molecular complexity index is 560. The number of nitrogen functional groups attached to an aromatic ring is 1. The zero-order chi connectivity index (χ0) is 14.4. The fraction of sp³-hybridized carbons (Fsp3) is 0.267. The third-order valence-corrected chi connectivity index (χ3v) is 2.99. The monoisotopic (exact) mass is 273 g/mol. The van der Waals surface area contributed by atoms with E-state index >= 15 is 0 Å². The molecule has 20 heavy (non-hydrogen) atoms. The summed E-state index contributed by atoms with van der Waals surface area (Å²) in [6, 6.07) is 12.9. The average molecular weight is 273 g/mol. The second-order valence-corrected chi connectivity index (χ2v) is 4.49. The third kappa shape index (κ3) is 3.61. The lowest BCUT2D eigenvalue weighted by atomic mass is 10.1. The van der Waals surface area contributed by atoms with Crippen molar-refractivity contribution in [1.29, 1.82) is 0 Å². The molecule has 5 heteroatoms. The van der Waals surface area contributed by atoms with Crippen LogP contribution in [-0.4, -0.2) is 29.8 Å². The quantitative estimate of drug-likeness (QED) is 0.698. The molecule has 0 fully saturated rings. The Morgan fingerprint density at radius 3 is 2.75 bits per heavy atom. The molecule has 1 aromatic heterocycles. The molecule has 0 aliphatic carbocycles. The zero-order valence-corrected chi connectivity index (χ0v) is 11.4. The van der Waals surface area contributed by atoms with Gasteiger partial charge in [0.25, 0.3) is 0 Å². The van der Waals surface area contributed by atoms with Crippen molar-refractivity contribution in [2.24, 2.45) is 0 Å². The lowest BCUT2D eigenvalue weighted by Crippen LogP contribution is -2.27. The lowest BCUT2D eigenvalue weighted by Gasteiger charge is -2.18. The van der Waals surface area contributed by atoms with Gasteiger partial charge in [0, 0.05) is 18.2 Å². The van der Waals surface area contributed by atoms with Crippen LogP contribution in [0.15, 0.2) is 42.5 Å². The molecule has 0 aliphatic heterocycles. The molecule has 1 aromatic carbocycles. The Hall–Kier alpha value is -2.27. The van der Waals surface area contributed by atoms with Crippen LogP contribution in [0.3, 0.4) is 0 Å². The number of pyridine rings is 1. The van der Waals surface area contributed by atoms with Crippen LogP contribution >= 0.6 is 0 Å². The van der Waals surface area contributed by atoms with E-state index in [4.69, 9.17) is 10.5 Å². The van der Waals surface area contributed by atoms with Gasteiger partial charge in [0.15, 0.2) is 0 Å². The van der Waals surface area contributed by atoms with E-state index in [1.54, 1.807) is 13.2 Å². The van der Waals surface area contributed by atoms with E-state index in [1.165, 1.54) is 0 Å². The van der Waals surface area contributed by atoms with Crippen molar-refractivity contribution in [3.05, 3.63) is 48.2 Å². The molecule has 106 valence electrons. The summed E-state index contributed by atoms with van der Waals surface area (Å²) in [4.78, 5) is 4.34. The molecule has 0 saturated carbocycles. The van der Waals surface area contributed by atoms with Crippen LogP contribution in [-0.2, 0) is 6.42 Å². The summed E-state index contributed by atoms with van der Waals surface area (Å²) < 4.78 is 5.09. The highest BCUT2D eigenvalue weighted by molar-refractivity contribution is 5.66. The molecule has 2 aromatic rings. The molecular weight excluding hydrogens is 254 g/mol. The van der Waals surface area contributed by atoms with Gasteiger partial charge in [0.1, 0.15) is 0 Å². The first kappa shape index (κ1) is 14.1. The van der Waals surface area contributed by atoms with E-state index < -0.39 is 0 Å².